The molecule has 0 N–H and O–H groups in total. The van der Waals surface area contributed by atoms with Gasteiger partial charge in [0.25, 0.3) is 0 Å². The highest BCUT2D eigenvalue weighted by Gasteiger charge is 2.33. The van der Waals surface area contributed by atoms with E-state index in [2.05, 4.69) is 5.16 Å². The number of alkyl halides is 3. The normalized spacial score (nSPS) is 14.6. The molecule has 0 amide bonds. The summed E-state index contributed by atoms with van der Waals surface area (Å²) in [5.41, 5.74) is 2.69. The number of nitrogens with zero attached hydrogens (tertiary/aromatic N) is 2. The van der Waals surface area contributed by atoms with Gasteiger partial charge in [0.15, 0.2) is 0 Å². The fourth-order valence-corrected chi connectivity index (χ4v) is 3.94. The summed E-state index contributed by atoms with van der Waals surface area (Å²) >= 11 is 0. The molecule has 0 unspecified atom stereocenters. The van der Waals surface area contributed by atoms with E-state index in [-0.39, 0.29) is 12.2 Å². The molecular formula is C23H18F4N2O. The van der Waals surface area contributed by atoms with Gasteiger partial charge in [0.05, 0.1) is 16.8 Å². The summed E-state index contributed by atoms with van der Waals surface area (Å²) < 4.78 is 61.2. The first-order chi connectivity index (χ1) is 14.3. The Kier molecular flexibility index (Phi) is 4.24. The molecule has 1 aliphatic carbocycles. The zero-order valence-electron chi connectivity index (χ0n) is 16.1. The van der Waals surface area contributed by atoms with Gasteiger partial charge in [0.1, 0.15) is 11.6 Å². The van der Waals surface area contributed by atoms with Crippen molar-refractivity contribution in [1.82, 2.24) is 9.72 Å². The maximum Gasteiger partial charge on any atom is 0.416 e. The lowest BCUT2D eigenvalue weighted by Crippen LogP contribution is -2.08. The van der Waals surface area contributed by atoms with Crippen molar-refractivity contribution in [3.63, 3.8) is 0 Å². The van der Waals surface area contributed by atoms with Crippen LogP contribution in [-0.4, -0.2) is 9.72 Å². The van der Waals surface area contributed by atoms with Crippen molar-refractivity contribution in [3.8, 4) is 5.69 Å². The van der Waals surface area contributed by atoms with E-state index < -0.39 is 11.7 Å². The third-order valence-corrected chi connectivity index (χ3v) is 5.65. The lowest BCUT2D eigenvalue weighted by atomic mass is 9.98. The maximum absolute atomic E-state index is 13.6. The highest BCUT2D eigenvalue weighted by Crippen LogP contribution is 2.43. The van der Waals surface area contributed by atoms with Gasteiger partial charge in [-0.1, -0.05) is 5.16 Å². The zero-order chi connectivity index (χ0) is 21.0. The smallest absolute Gasteiger partial charge is 0.361 e. The summed E-state index contributed by atoms with van der Waals surface area (Å²) in [6.07, 6.45) is -0.409. The molecule has 4 aromatic rings. The molecule has 1 fully saturated rings. The van der Waals surface area contributed by atoms with E-state index in [1.165, 1.54) is 24.3 Å². The van der Waals surface area contributed by atoms with Gasteiger partial charge in [-0.15, -0.1) is 0 Å². The SMILES string of the molecule is Cc1noc(C2CC2)c1Cc1cc(C(F)(F)F)ccc1-n1ccc2cc(F)ccc21. The molecule has 1 aliphatic rings. The topological polar surface area (TPSA) is 31.0 Å². The molecular weight excluding hydrogens is 396 g/mol. The number of fused-ring (bicyclic) bond motifs is 1. The molecule has 154 valence electrons. The Morgan fingerprint density at radius 2 is 1.90 bits per heavy atom. The second-order valence-electron chi connectivity index (χ2n) is 7.79. The van der Waals surface area contributed by atoms with Crippen LogP contribution >= 0.6 is 0 Å². The number of rotatable bonds is 4. The molecule has 7 heteroatoms. The first-order valence-electron chi connectivity index (χ1n) is 9.73. The van der Waals surface area contributed by atoms with Gasteiger partial charge in [-0.25, -0.2) is 4.39 Å². The Morgan fingerprint density at radius 1 is 1.10 bits per heavy atom. The van der Waals surface area contributed by atoms with Crippen LogP contribution in [0, 0.1) is 12.7 Å². The van der Waals surface area contributed by atoms with Crippen LogP contribution < -0.4 is 0 Å². The standard InChI is InChI=1S/C23H18F4N2O/c1-13-19(22(30-28-13)14-2-3-14)12-16-10-17(23(25,26)27)4-6-21(16)29-9-8-15-11-18(24)5-7-20(15)29/h4-11,14H,2-3,12H2,1H3. The van der Waals surface area contributed by atoms with Gasteiger partial charge in [-0.2, -0.15) is 13.2 Å². The van der Waals surface area contributed by atoms with E-state index in [0.717, 1.165) is 35.7 Å². The summed E-state index contributed by atoms with van der Waals surface area (Å²) in [5.74, 6) is 0.711. The fourth-order valence-electron chi connectivity index (χ4n) is 3.94. The van der Waals surface area contributed by atoms with Crippen LogP contribution in [0.4, 0.5) is 17.6 Å². The molecule has 0 bridgehead atoms. The molecule has 2 heterocycles. The van der Waals surface area contributed by atoms with Crippen molar-refractivity contribution < 1.29 is 22.1 Å². The highest BCUT2D eigenvalue weighted by atomic mass is 19.4. The molecule has 0 spiro atoms. The minimum atomic E-state index is -4.45. The lowest BCUT2D eigenvalue weighted by Gasteiger charge is -2.16. The Balaban J connectivity index is 1.67. The Morgan fingerprint density at radius 3 is 2.63 bits per heavy atom. The van der Waals surface area contributed by atoms with Crippen molar-refractivity contribution in [1.29, 1.82) is 0 Å². The van der Waals surface area contributed by atoms with Crippen LogP contribution in [0.25, 0.3) is 16.6 Å². The minimum absolute atomic E-state index is 0.279. The van der Waals surface area contributed by atoms with E-state index in [9.17, 15) is 17.6 Å². The Labute approximate surface area is 169 Å². The van der Waals surface area contributed by atoms with E-state index in [4.69, 9.17) is 4.52 Å². The molecule has 1 saturated carbocycles. The van der Waals surface area contributed by atoms with E-state index >= 15 is 0 Å². The fraction of sp³-hybridized carbons (Fsp3) is 0.261. The molecule has 5 rings (SSSR count). The number of hydrogen-bond donors (Lipinski definition) is 0. The zero-order valence-corrected chi connectivity index (χ0v) is 16.1. The summed E-state index contributed by atoms with van der Waals surface area (Å²) in [4.78, 5) is 0. The van der Waals surface area contributed by atoms with Gasteiger partial charge in [0.2, 0.25) is 0 Å². The predicted octanol–water partition coefficient (Wildman–Crippen LogP) is 6.55. The van der Waals surface area contributed by atoms with Gasteiger partial charge in [-0.3, -0.25) is 0 Å². The van der Waals surface area contributed by atoms with Gasteiger partial charge < -0.3 is 9.09 Å². The van der Waals surface area contributed by atoms with Crippen molar-refractivity contribution in [3.05, 3.63) is 82.6 Å². The van der Waals surface area contributed by atoms with E-state index in [0.29, 0.717) is 28.2 Å². The Hall–Kier alpha value is -3.09. The molecule has 2 aromatic heterocycles. The molecule has 0 atom stereocenters. The summed E-state index contributed by atoms with van der Waals surface area (Å²) in [7, 11) is 0. The van der Waals surface area contributed by atoms with Gasteiger partial charge in [0, 0.05) is 35.2 Å². The third kappa shape index (κ3) is 3.28. The molecule has 2 aromatic carbocycles. The molecule has 30 heavy (non-hydrogen) atoms. The number of benzene rings is 2. The average molecular weight is 414 g/mol. The van der Waals surface area contributed by atoms with Crippen LogP contribution in [0.2, 0.25) is 0 Å². The maximum atomic E-state index is 13.6. The molecule has 0 saturated heterocycles. The van der Waals surface area contributed by atoms with Crippen LogP contribution in [0.3, 0.4) is 0 Å². The first kappa shape index (κ1) is 18.9. The second kappa shape index (κ2) is 6.72. The second-order valence-corrected chi connectivity index (χ2v) is 7.79. The van der Waals surface area contributed by atoms with E-state index in [1.807, 2.05) is 6.92 Å². The summed E-state index contributed by atoms with van der Waals surface area (Å²) in [5, 5.41) is 4.73. The average Bonchev–Trinajstić information content (AvgIpc) is 3.36. The van der Waals surface area contributed by atoms with Crippen molar-refractivity contribution >= 4 is 10.9 Å². The first-order valence-corrected chi connectivity index (χ1v) is 9.73. The van der Waals surface area contributed by atoms with Crippen molar-refractivity contribution in [2.75, 3.05) is 0 Å². The predicted molar refractivity (Wildman–Crippen MR) is 104 cm³/mol. The number of hydrogen-bond acceptors (Lipinski definition) is 2. The Bertz CT molecular complexity index is 1250. The monoisotopic (exact) mass is 414 g/mol. The van der Waals surface area contributed by atoms with Crippen LogP contribution in [0.5, 0.6) is 0 Å². The third-order valence-electron chi connectivity index (χ3n) is 5.65. The van der Waals surface area contributed by atoms with E-state index in [1.54, 1.807) is 22.9 Å². The largest absolute Gasteiger partial charge is 0.416 e. The van der Waals surface area contributed by atoms with Crippen molar-refractivity contribution in [2.24, 2.45) is 0 Å². The lowest BCUT2D eigenvalue weighted by molar-refractivity contribution is -0.137. The minimum Gasteiger partial charge on any atom is -0.361 e. The van der Waals surface area contributed by atoms with Crippen molar-refractivity contribution in [2.45, 2.75) is 38.3 Å². The summed E-state index contributed by atoms with van der Waals surface area (Å²) in [6, 6.07) is 9.88. The molecule has 0 radical (unpaired) electrons. The number of aryl methyl sites for hydroxylation is 1. The number of halogens is 4. The molecule has 0 aliphatic heterocycles. The van der Waals surface area contributed by atoms with Crippen LogP contribution in [0.15, 0.2) is 53.2 Å². The summed E-state index contributed by atoms with van der Waals surface area (Å²) in [6.45, 7) is 1.81. The molecule has 3 nitrogen and oxygen atoms in total. The van der Waals surface area contributed by atoms with Gasteiger partial charge in [-0.05, 0) is 67.8 Å². The highest BCUT2D eigenvalue weighted by molar-refractivity contribution is 5.82. The van der Waals surface area contributed by atoms with Crippen LogP contribution in [-0.2, 0) is 12.6 Å². The number of aromatic nitrogens is 2. The quantitative estimate of drug-likeness (QED) is 0.355. The van der Waals surface area contributed by atoms with Crippen LogP contribution in [0.1, 0.15) is 46.9 Å². The van der Waals surface area contributed by atoms with Gasteiger partial charge >= 0.3 is 6.18 Å².